The number of benzene rings is 1. The average Bonchev–Trinajstić information content (AvgIpc) is 2.92. The molecule has 2 rings (SSSR count). The van der Waals surface area contributed by atoms with Crippen LogP contribution in [0.3, 0.4) is 0 Å². The Morgan fingerprint density at radius 1 is 1.40 bits per heavy atom. The standard InChI is InChI=1S/C15H20Cl2N2O/c1-3-15(7-4-8-18-15)14(20)19(2)10-11-5-6-12(16)13(17)9-11/h5-6,9,18H,3-4,7-8,10H2,1-2H3. The van der Waals surface area contributed by atoms with Gasteiger partial charge in [0, 0.05) is 13.6 Å². The number of nitrogens with one attached hydrogen (secondary N) is 1. The fourth-order valence-corrected chi connectivity index (χ4v) is 3.11. The maximum atomic E-state index is 12.7. The fraction of sp³-hybridized carbons (Fsp3) is 0.533. The van der Waals surface area contributed by atoms with Gasteiger partial charge < -0.3 is 10.2 Å². The molecule has 0 radical (unpaired) electrons. The van der Waals surface area contributed by atoms with Gasteiger partial charge in [-0.2, -0.15) is 0 Å². The van der Waals surface area contributed by atoms with E-state index in [1.165, 1.54) is 0 Å². The second-order valence-corrected chi connectivity index (χ2v) is 6.19. The van der Waals surface area contributed by atoms with Crippen LogP contribution in [0, 0.1) is 0 Å². The van der Waals surface area contributed by atoms with Gasteiger partial charge in [0.05, 0.1) is 15.6 Å². The quantitative estimate of drug-likeness (QED) is 0.922. The normalized spacial score (nSPS) is 22.0. The van der Waals surface area contributed by atoms with Crippen LogP contribution in [0.5, 0.6) is 0 Å². The molecule has 1 aromatic rings. The van der Waals surface area contributed by atoms with Gasteiger partial charge in [0.1, 0.15) is 0 Å². The molecule has 20 heavy (non-hydrogen) atoms. The Balaban J connectivity index is 2.09. The minimum atomic E-state index is -0.384. The third kappa shape index (κ3) is 3.11. The maximum Gasteiger partial charge on any atom is 0.242 e. The number of likely N-dealkylation sites (N-methyl/N-ethyl adjacent to an activating group) is 1. The van der Waals surface area contributed by atoms with Crippen LogP contribution in [0.25, 0.3) is 0 Å². The van der Waals surface area contributed by atoms with Crippen LogP contribution in [0.2, 0.25) is 10.0 Å². The summed E-state index contributed by atoms with van der Waals surface area (Å²) in [4.78, 5) is 14.4. The zero-order valence-corrected chi connectivity index (χ0v) is 13.4. The fourth-order valence-electron chi connectivity index (χ4n) is 2.79. The lowest BCUT2D eigenvalue weighted by Crippen LogP contribution is -2.53. The van der Waals surface area contributed by atoms with Gasteiger partial charge in [-0.25, -0.2) is 0 Å². The molecule has 1 aliphatic heterocycles. The predicted molar refractivity (Wildman–Crippen MR) is 83.2 cm³/mol. The first kappa shape index (κ1) is 15.6. The number of carbonyl (C=O) groups is 1. The Labute approximate surface area is 130 Å². The summed E-state index contributed by atoms with van der Waals surface area (Å²) >= 11 is 11.9. The molecule has 1 heterocycles. The molecule has 3 nitrogen and oxygen atoms in total. The highest BCUT2D eigenvalue weighted by Gasteiger charge is 2.40. The maximum absolute atomic E-state index is 12.7. The molecule has 1 fully saturated rings. The van der Waals surface area contributed by atoms with Gasteiger partial charge in [-0.1, -0.05) is 36.2 Å². The van der Waals surface area contributed by atoms with E-state index in [1.807, 2.05) is 19.2 Å². The third-order valence-corrected chi connectivity index (χ3v) is 4.75. The number of hydrogen-bond donors (Lipinski definition) is 1. The topological polar surface area (TPSA) is 32.3 Å². The van der Waals surface area contributed by atoms with E-state index in [0.717, 1.165) is 31.4 Å². The minimum Gasteiger partial charge on any atom is -0.340 e. The van der Waals surface area contributed by atoms with Crippen LogP contribution >= 0.6 is 23.2 Å². The highest BCUT2D eigenvalue weighted by atomic mass is 35.5. The molecule has 1 atom stereocenters. The summed E-state index contributed by atoms with van der Waals surface area (Å²) in [5, 5.41) is 4.42. The van der Waals surface area contributed by atoms with Crippen molar-refractivity contribution in [2.24, 2.45) is 0 Å². The van der Waals surface area contributed by atoms with E-state index in [0.29, 0.717) is 16.6 Å². The molecule has 0 aromatic heterocycles. The molecule has 1 unspecified atom stereocenters. The summed E-state index contributed by atoms with van der Waals surface area (Å²) in [6, 6.07) is 5.48. The molecular formula is C15H20Cl2N2O. The van der Waals surface area contributed by atoms with Gasteiger partial charge in [-0.15, -0.1) is 0 Å². The van der Waals surface area contributed by atoms with Crippen molar-refractivity contribution in [3.63, 3.8) is 0 Å². The summed E-state index contributed by atoms with van der Waals surface area (Å²) in [5.74, 6) is 0.156. The van der Waals surface area contributed by atoms with E-state index >= 15 is 0 Å². The van der Waals surface area contributed by atoms with Crippen molar-refractivity contribution in [1.82, 2.24) is 10.2 Å². The number of nitrogens with zero attached hydrogens (tertiary/aromatic N) is 1. The van der Waals surface area contributed by atoms with E-state index in [1.54, 1.807) is 11.0 Å². The SMILES string of the molecule is CCC1(C(=O)N(C)Cc2ccc(Cl)c(Cl)c2)CCCN1. The molecule has 0 bridgehead atoms. The van der Waals surface area contributed by atoms with Crippen molar-refractivity contribution < 1.29 is 4.79 Å². The molecule has 1 aromatic carbocycles. The molecule has 0 spiro atoms. The minimum absolute atomic E-state index is 0.156. The molecular weight excluding hydrogens is 295 g/mol. The van der Waals surface area contributed by atoms with Crippen LogP contribution < -0.4 is 5.32 Å². The number of amides is 1. The molecule has 0 saturated carbocycles. The molecule has 1 aliphatic rings. The van der Waals surface area contributed by atoms with Crippen molar-refractivity contribution in [3.8, 4) is 0 Å². The van der Waals surface area contributed by atoms with Crippen molar-refractivity contribution in [2.45, 2.75) is 38.3 Å². The van der Waals surface area contributed by atoms with E-state index in [9.17, 15) is 4.79 Å². The van der Waals surface area contributed by atoms with Crippen molar-refractivity contribution >= 4 is 29.1 Å². The highest BCUT2D eigenvalue weighted by Crippen LogP contribution is 2.27. The molecule has 1 N–H and O–H groups in total. The first-order valence-corrected chi connectivity index (χ1v) is 7.68. The monoisotopic (exact) mass is 314 g/mol. The predicted octanol–water partition coefficient (Wildman–Crippen LogP) is 3.48. The van der Waals surface area contributed by atoms with E-state index in [-0.39, 0.29) is 11.4 Å². The van der Waals surface area contributed by atoms with Crippen LogP contribution in [0.4, 0.5) is 0 Å². The van der Waals surface area contributed by atoms with Gasteiger partial charge in [0.2, 0.25) is 5.91 Å². The Kier molecular flexibility index (Phi) is 4.95. The van der Waals surface area contributed by atoms with E-state index in [4.69, 9.17) is 23.2 Å². The van der Waals surface area contributed by atoms with Crippen LogP contribution in [0.15, 0.2) is 18.2 Å². The Morgan fingerprint density at radius 2 is 2.15 bits per heavy atom. The van der Waals surface area contributed by atoms with Crippen LogP contribution in [0.1, 0.15) is 31.7 Å². The van der Waals surface area contributed by atoms with Crippen molar-refractivity contribution in [3.05, 3.63) is 33.8 Å². The number of halogens is 2. The first-order chi connectivity index (χ1) is 9.48. The third-order valence-electron chi connectivity index (χ3n) is 4.01. The van der Waals surface area contributed by atoms with E-state index < -0.39 is 0 Å². The molecule has 0 aliphatic carbocycles. The zero-order chi connectivity index (χ0) is 14.8. The first-order valence-electron chi connectivity index (χ1n) is 6.93. The summed E-state index contributed by atoms with van der Waals surface area (Å²) in [5.41, 5.74) is 0.602. The van der Waals surface area contributed by atoms with E-state index in [2.05, 4.69) is 12.2 Å². The van der Waals surface area contributed by atoms with Crippen LogP contribution in [-0.2, 0) is 11.3 Å². The van der Waals surface area contributed by atoms with Gasteiger partial charge in [0.15, 0.2) is 0 Å². The number of carbonyl (C=O) groups excluding carboxylic acids is 1. The number of rotatable bonds is 4. The lowest BCUT2D eigenvalue weighted by molar-refractivity contribution is -0.137. The zero-order valence-electron chi connectivity index (χ0n) is 11.9. The highest BCUT2D eigenvalue weighted by molar-refractivity contribution is 6.42. The van der Waals surface area contributed by atoms with Gasteiger partial charge in [0.25, 0.3) is 0 Å². The largest absolute Gasteiger partial charge is 0.340 e. The molecule has 1 saturated heterocycles. The molecule has 1 amide bonds. The lowest BCUT2D eigenvalue weighted by Gasteiger charge is -2.32. The molecule has 110 valence electrons. The second kappa shape index (κ2) is 6.33. The summed E-state index contributed by atoms with van der Waals surface area (Å²) in [7, 11) is 1.84. The lowest BCUT2D eigenvalue weighted by atomic mass is 9.92. The number of hydrogen-bond acceptors (Lipinski definition) is 2. The van der Waals surface area contributed by atoms with Crippen molar-refractivity contribution in [1.29, 1.82) is 0 Å². The Bertz CT molecular complexity index is 499. The smallest absolute Gasteiger partial charge is 0.242 e. The van der Waals surface area contributed by atoms with Gasteiger partial charge >= 0.3 is 0 Å². The van der Waals surface area contributed by atoms with Gasteiger partial charge in [-0.05, 0) is 43.5 Å². The summed E-state index contributed by atoms with van der Waals surface area (Å²) in [6.07, 6.45) is 2.78. The Hall–Kier alpha value is -0.770. The summed E-state index contributed by atoms with van der Waals surface area (Å²) in [6.45, 7) is 3.52. The second-order valence-electron chi connectivity index (χ2n) is 5.38. The van der Waals surface area contributed by atoms with Crippen molar-refractivity contribution in [2.75, 3.05) is 13.6 Å². The van der Waals surface area contributed by atoms with Gasteiger partial charge in [-0.3, -0.25) is 4.79 Å². The molecule has 5 heteroatoms. The van der Waals surface area contributed by atoms with Crippen LogP contribution in [-0.4, -0.2) is 29.9 Å². The Morgan fingerprint density at radius 3 is 2.70 bits per heavy atom. The average molecular weight is 315 g/mol. The summed E-state index contributed by atoms with van der Waals surface area (Å²) < 4.78 is 0.